The molecule has 156 valence electrons. The second-order valence-electron chi connectivity index (χ2n) is 6.36. The third kappa shape index (κ3) is 5.40. The van der Waals surface area contributed by atoms with Gasteiger partial charge in [-0.25, -0.2) is 4.79 Å². The third-order valence-corrected chi connectivity index (χ3v) is 4.29. The van der Waals surface area contributed by atoms with Crippen molar-refractivity contribution in [3.8, 4) is 23.1 Å². The Morgan fingerprint density at radius 3 is 2.58 bits per heavy atom. The number of hydrogen-bond acceptors (Lipinski definition) is 6. The molecule has 1 heterocycles. The quantitative estimate of drug-likeness (QED) is 0.341. The summed E-state index contributed by atoms with van der Waals surface area (Å²) in [6.45, 7) is 2.05. The Morgan fingerprint density at radius 2 is 1.90 bits per heavy atom. The van der Waals surface area contributed by atoms with Crippen LogP contribution in [-0.2, 0) is 9.53 Å². The molecular formula is C24H20N2O5. The van der Waals surface area contributed by atoms with E-state index in [4.69, 9.17) is 13.9 Å². The van der Waals surface area contributed by atoms with Crippen LogP contribution >= 0.6 is 0 Å². The number of nitrogens with zero attached hydrogens (tertiary/aromatic N) is 1. The predicted octanol–water partition coefficient (Wildman–Crippen LogP) is 4.68. The van der Waals surface area contributed by atoms with Crippen molar-refractivity contribution in [1.29, 1.82) is 5.26 Å². The van der Waals surface area contributed by atoms with Crippen molar-refractivity contribution in [2.45, 2.75) is 6.92 Å². The molecule has 1 aromatic heterocycles. The number of methoxy groups -OCH3 is 1. The zero-order chi connectivity index (χ0) is 22.2. The van der Waals surface area contributed by atoms with Gasteiger partial charge in [-0.2, -0.15) is 5.26 Å². The maximum Gasteiger partial charge on any atom is 0.338 e. The molecule has 0 fully saturated rings. The van der Waals surface area contributed by atoms with Gasteiger partial charge in [-0.1, -0.05) is 18.2 Å². The molecule has 7 nitrogen and oxygen atoms in total. The van der Waals surface area contributed by atoms with Crippen LogP contribution in [0.2, 0.25) is 0 Å². The highest BCUT2D eigenvalue weighted by molar-refractivity contribution is 6.09. The van der Waals surface area contributed by atoms with Gasteiger partial charge in [0.05, 0.1) is 19.3 Å². The lowest BCUT2D eigenvalue weighted by Gasteiger charge is -2.06. The van der Waals surface area contributed by atoms with Crippen LogP contribution in [0.15, 0.2) is 70.7 Å². The topological polar surface area (TPSA) is 102 Å². The van der Waals surface area contributed by atoms with Crippen LogP contribution in [-0.4, -0.2) is 25.6 Å². The molecule has 0 unspecified atom stereocenters. The van der Waals surface area contributed by atoms with Gasteiger partial charge in [0.2, 0.25) is 0 Å². The number of rotatable bonds is 7. The van der Waals surface area contributed by atoms with Crippen molar-refractivity contribution in [1.82, 2.24) is 0 Å². The molecule has 0 radical (unpaired) electrons. The van der Waals surface area contributed by atoms with Crippen molar-refractivity contribution in [3.05, 3.63) is 77.6 Å². The number of amides is 1. The molecule has 2 aromatic carbocycles. The van der Waals surface area contributed by atoms with Crippen molar-refractivity contribution < 1.29 is 23.5 Å². The summed E-state index contributed by atoms with van der Waals surface area (Å²) in [4.78, 5) is 24.2. The van der Waals surface area contributed by atoms with Crippen molar-refractivity contribution in [2.75, 3.05) is 19.0 Å². The molecule has 7 heteroatoms. The van der Waals surface area contributed by atoms with Crippen LogP contribution in [0.4, 0.5) is 5.69 Å². The van der Waals surface area contributed by atoms with Crippen LogP contribution < -0.4 is 10.1 Å². The standard InChI is InChI=1S/C24H20N2O5/c1-3-30-24(28)17-9-7-16(8-10-17)22-12-11-21(31-22)13-18(15-25)23(27)26-19-5-4-6-20(14-19)29-2/h4-14H,3H2,1-2H3,(H,26,27)/b18-13-. The Hall–Kier alpha value is -4.31. The highest BCUT2D eigenvalue weighted by atomic mass is 16.5. The van der Waals surface area contributed by atoms with Crippen LogP contribution in [0.1, 0.15) is 23.0 Å². The number of ether oxygens (including phenoxy) is 2. The third-order valence-electron chi connectivity index (χ3n) is 4.29. The van der Waals surface area contributed by atoms with E-state index in [1.165, 1.54) is 13.2 Å². The van der Waals surface area contributed by atoms with Crippen molar-refractivity contribution >= 4 is 23.6 Å². The van der Waals surface area contributed by atoms with Gasteiger partial charge in [0.1, 0.15) is 28.9 Å². The summed E-state index contributed by atoms with van der Waals surface area (Å²) in [5.74, 6) is 0.518. The van der Waals surface area contributed by atoms with Crippen LogP contribution in [0, 0.1) is 11.3 Å². The van der Waals surface area contributed by atoms with Gasteiger partial charge >= 0.3 is 5.97 Å². The highest BCUT2D eigenvalue weighted by Gasteiger charge is 2.13. The minimum Gasteiger partial charge on any atom is -0.497 e. The second-order valence-corrected chi connectivity index (χ2v) is 6.36. The lowest BCUT2D eigenvalue weighted by Crippen LogP contribution is -2.13. The molecule has 0 aliphatic rings. The predicted molar refractivity (Wildman–Crippen MR) is 115 cm³/mol. The zero-order valence-corrected chi connectivity index (χ0v) is 17.0. The fourth-order valence-corrected chi connectivity index (χ4v) is 2.76. The van der Waals surface area contributed by atoms with Crippen molar-refractivity contribution in [3.63, 3.8) is 0 Å². The SMILES string of the molecule is CCOC(=O)c1ccc(-c2ccc(/C=C(/C#N)C(=O)Nc3cccc(OC)c3)o2)cc1. The number of nitriles is 1. The monoisotopic (exact) mass is 416 g/mol. The molecule has 0 saturated carbocycles. The molecule has 0 saturated heterocycles. The number of hydrogen-bond donors (Lipinski definition) is 1. The molecule has 3 aromatic rings. The van der Waals surface area contributed by atoms with Gasteiger partial charge in [-0.15, -0.1) is 0 Å². The Kier molecular flexibility index (Phi) is 6.86. The summed E-state index contributed by atoms with van der Waals surface area (Å²) < 4.78 is 15.8. The Balaban J connectivity index is 1.75. The Morgan fingerprint density at radius 1 is 1.13 bits per heavy atom. The lowest BCUT2D eigenvalue weighted by molar-refractivity contribution is -0.112. The van der Waals surface area contributed by atoms with E-state index < -0.39 is 11.9 Å². The number of benzene rings is 2. The molecule has 1 N–H and O–H groups in total. The number of nitrogens with one attached hydrogen (secondary N) is 1. The van der Waals surface area contributed by atoms with Crippen LogP contribution in [0.3, 0.4) is 0 Å². The van der Waals surface area contributed by atoms with E-state index in [2.05, 4.69) is 5.32 Å². The molecule has 31 heavy (non-hydrogen) atoms. The Labute approximate surface area is 179 Å². The second kappa shape index (κ2) is 9.94. The Bertz CT molecular complexity index is 1150. The minimum absolute atomic E-state index is 0.110. The summed E-state index contributed by atoms with van der Waals surface area (Å²) in [6.07, 6.45) is 1.37. The number of anilines is 1. The van der Waals surface area contributed by atoms with E-state index in [9.17, 15) is 14.9 Å². The number of esters is 1. The molecule has 0 aliphatic heterocycles. The molecule has 3 rings (SSSR count). The summed E-state index contributed by atoms with van der Waals surface area (Å²) in [5.41, 5.74) is 1.58. The minimum atomic E-state index is -0.563. The molecule has 0 aliphatic carbocycles. The van der Waals surface area contributed by atoms with Gasteiger partial charge in [0.15, 0.2) is 0 Å². The molecule has 0 spiro atoms. The number of furan rings is 1. The molecule has 0 bridgehead atoms. The van der Waals surface area contributed by atoms with E-state index in [0.29, 0.717) is 35.1 Å². The fourth-order valence-electron chi connectivity index (χ4n) is 2.76. The van der Waals surface area contributed by atoms with E-state index in [-0.39, 0.29) is 5.57 Å². The molecule has 0 atom stereocenters. The normalized spacial score (nSPS) is 10.8. The average molecular weight is 416 g/mol. The van der Waals surface area contributed by atoms with Crippen LogP contribution in [0.5, 0.6) is 5.75 Å². The van der Waals surface area contributed by atoms with Crippen LogP contribution in [0.25, 0.3) is 17.4 Å². The smallest absolute Gasteiger partial charge is 0.338 e. The average Bonchev–Trinajstić information content (AvgIpc) is 3.26. The summed E-state index contributed by atoms with van der Waals surface area (Å²) in [7, 11) is 1.53. The summed E-state index contributed by atoms with van der Waals surface area (Å²) >= 11 is 0. The molecule has 1 amide bonds. The first-order chi connectivity index (χ1) is 15.0. The maximum atomic E-state index is 12.5. The molecular weight excluding hydrogens is 396 g/mol. The van der Waals surface area contributed by atoms with Gasteiger partial charge in [0, 0.05) is 23.4 Å². The maximum absolute atomic E-state index is 12.5. The van der Waals surface area contributed by atoms with E-state index in [1.54, 1.807) is 67.6 Å². The summed E-state index contributed by atoms with van der Waals surface area (Å²) in [6, 6.07) is 18.9. The first-order valence-electron chi connectivity index (χ1n) is 9.48. The van der Waals surface area contributed by atoms with Gasteiger partial charge in [-0.05, 0) is 43.3 Å². The summed E-state index contributed by atoms with van der Waals surface area (Å²) in [5, 5.41) is 12.1. The van der Waals surface area contributed by atoms with Gasteiger partial charge in [-0.3, -0.25) is 4.79 Å². The van der Waals surface area contributed by atoms with E-state index in [0.717, 1.165) is 5.56 Å². The first-order valence-corrected chi connectivity index (χ1v) is 9.48. The highest BCUT2D eigenvalue weighted by Crippen LogP contribution is 2.24. The van der Waals surface area contributed by atoms with E-state index >= 15 is 0 Å². The zero-order valence-electron chi connectivity index (χ0n) is 17.0. The van der Waals surface area contributed by atoms with Crippen molar-refractivity contribution in [2.24, 2.45) is 0 Å². The van der Waals surface area contributed by atoms with E-state index in [1.807, 2.05) is 6.07 Å². The lowest BCUT2D eigenvalue weighted by atomic mass is 10.1. The largest absolute Gasteiger partial charge is 0.497 e. The van der Waals surface area contributed by atoms with Gasteiger partial charge < -0.3 is 19.2 Å². The van der Waals surface area contributed by atoms with Gasteiger partial charge in [0.25, 0.3) is 5.91 Å². The first kappa shape index (κ1) is 21.4. The number of carbonyl (C=O) groups excluding carboxylic acids is 2. The number of carbonyl (C=O) groups is 2. The fraction of sp³-hybridized carbons (Fsp3) is 0.125.